The molecule has 33 heavy (non-hydrogen) atoms. The summed E-state index contributed by atoms with van der Waals surface area (Å²) < 4.78 is 22.9. The molecule has 0 saturated carbocycles. The third-order valence-electron chi connectivity index (χ3n) is 5.04. The molecule has 1 heterocycles. The highest BCUT2D eigenvalue weighted by Gasteiger charge is 2.44. The fourth-order valence-electron chi connectivity index (χ4n) is 3.46. The molecule has 0 radical (unpaired) electrons. The zero-order chi connectivity index (χ0) is 24.3. The SMILES string of the molecule is NS(=O)(=O)c1ccc(CN(C(=O)CCC(=O)O)C2CC(=O)N(c3cccc(Cl)c3)C2=O)cc1. The van der Waals surface area contributed by atoms with Gasteiger partial charge in [-0.2, -0.15) is 0 Å². The fourth-order valence-corrected chi connectivity index (χ4v) is 4.16. The Balaban J connectivity index is 1.90. The Morgan fingerprint density at radius 3 is 2.36 bits per heavy atom. The number of aliphatic carboxylic acids is 1. The lowest BCUT2D eigenvalue weighted by Gasteiger charge is -2.28. The van der Waals surface area contributed by atoms with E-state index in [0.29, 0.717) is 10.6 Å². The van der Waals surface area contributed by atoms with Crippen LogP contribution in [0, 0.1) is 0 Å². The molecule has 3 N–H and O–H groups in total. The molecule has 1 fully saturated rings. The highest BCUT2D eigenvalue weighted by atomic mass is 35.5. The number of imide groups is 1. The third kappa shape index (κ3) is 5.75. The number of carbonyl (C=O) groups excluding carboxylic acids is 3. The van der Waals surface area contributed by atoms with Crippen molar-refractivity contribution in [2.75, 3.05) is 4.90 Å². The first kappa shape index (κ1) is 24.4. The van der Waals surface area contributed by atoms with Gasteiger partial charge < -0.3 is 10.0 Å². The van der Waals surface area contributed by atoms with Crippen molar-refractivity contribution in [2.45, 2.75) is 36.7 Å². The van der Waals surface area contributed by atoms with E-state index in [0.717, 1.165) is 9.80 Å². The lowest BCUT2D eigenvalue weighted by atomic mass is 10.1. The number of benzene rings is 2. The number of hydrogen-bond acceptors (Lipinski definition) is 6. The molecule has 0 spiro atoms. The summed E-state index contributed by atoms with van der Waals surface area (Å²) in [5, 5.41) is 14.3. The largest absolute Gasteiger partial charge is 0.481 e. The van der Waals surface area contributed by atoms with Crippen LogP contribution in [0.25, 0.3) is 0 Å². The van der Waals surface area contributed by atoms with Crippen molar-refractivity contribution >= 4 is 51.0 Å². The Labute approximate surface area is 194 Å². The number of anilines is 1. The molecule has 1 aliphatic rings. The lowest BCUT2D eigenvalue weighted by molar-refractivity contribution is -0.143. The van der Waals surface area contributed by atoms with Gasteiger partial charge in [0, 0.05) is 18.0 Å². The second-order valence-electron chi connectivity index (χ2n) is 7.37. The summed E-state index contributed by atoms with van der Waals surface area (Å²) in [6.07, 6.45) is -1.12. The molecule has 0 bridgehead atoms. The minimum absolute atomic E-state index is 0.130. The normalized spacial score (nSPS) is 16.2. The van der Waals surface area contributed by atoms with Crippen molar-refractivity contribution in [3.05, 3.63) is 59.1 Å². The topological polar surface area (TPSA) is 155 Å². The second-order valence-corrected chi connectivity index (χ2v) is 9.37. The third-order valence-corrected chi connectivity index (χ3v) is 6.21. The average Bonchev–Trinajstić information content (AvgIpc) is 3.03. The van der Waals surface area contributed by atoms with Crippen LogP contribution in [-0.4, -0.2) is 48.2 Å². The first-order valence-corrected chi connectivity index (χ1v) is 11.6. The van der Waals surface area contributed by atoms with Gasteiger partial charge >= 0.3 is 5.97 Å². The van der Waals surface area contributed by atoms with Gasteiger partial charge in [0.2, 0.25) is 21.8 Å². The summed E-state index contributed by atoms with van der Waals surface area (Å²) in [7, 11) is -3.92. The van der Waals surface area contributed by atoms with Gasteiger partial charge in [0.15, 0.2) is 0 Å². The average molecular weight is 494 g/mol. The van der Waals surface area contributed by atoms with Gasteiger partial charge in [-0.05, 0) is 35.9 Å². The van der Waals surface area contributed by atoms with E-state index < -0.39 is 46.2 Å². The van der Waals surface area contributed by atoms with Crippen molar-refractivity contribution in [3.63, 3.8) is 0 Å². The molecule has 1 aliphatic heterocycles. The van der Waals surface area contributed by atoms with E-state index in [1.54, 1.807) is 12.1 Å². The summed E-state index contributed by atoms with van der Waals surface area (Å²) in [6, 6.07) is 10.3. The van der Waals surface area contributed by atoms with Crippen LogP contribution in [0.4, 0.5) is 5.69 Å². The van der Waals surface area contributed by atoms with Gasteiger partial charge in [0.25, 0.3) is 5.91 Å². The number of amides is 3. The van der Waals surface area contributed by atoms with E-state index in [9.17, 15) is 27.6 Å². The summed E-state index contributed by atoms with van der Waals surface area (Å²) in [6.45, 7) is -0.142. The highest BCUT2D eigenvalue weighted by Crippen LogP contribution is 2.29. The molecular weight excluding hydrogens is 474 g/mol. The van der Waals surface area contributed by atoms with Crippen LogP contribution in [0.2, 0.25) is 5.02 Å². The number of halogens is 1. The van der Waals surface area contributed by atoms with Gasteiger partial charge in [0.05, 0.1) is 23.4 Å². The van der Waals surface area contributed by atoms with Gasteiger partial charge in [-0.15, -0.1) is 0 Å². The molecular formula is C21H20ClN3O7S. The quantitative estimate of drug-likeness (QED) is 0.528. The number of nitrogens with two attached hydrogens (primary N) is 1. The van der Waals surface area contributed by atoms with Crippen LogP contribution in [-0.2, 0) is 35.7 Å². The Hall–Kier alpha value is -3.28. The number of primary sulfonamides is 1. The molecule has 0 aliphatic carbocycles. The predicted molar refractivity (Wildman–Crippen MR) is 118 cm³/mol. The highest BCUT2D eigenvalue weighted by molar-refractivity contribution is 7.89. The molecule has 2 aromatic rings. The van der Waals surface area contributed by atoms with Gasteiger partial charge in [-0.1, -0.05) is 29.8 Å². The van der Waals surface area contributed by atoms with Crippen LogP contribution in [0.5, 0.6) is 0 Å². The number of carboxylic acids is 1. The van der Waals surface area contributed by atoms with Crippen LogP contribution < -0.4 is 10.0 Å². The molecule has 174 valence electrons. The van der Waals surface area contributed by atoms with Crippen LogP contribution in [0.1, 0.15) is 24.8 Å². The number of sulfonamides is 1. The molecule has 0 aromatic heterocycles. The van der Waals surface area contributed by atoms with E-state index in [-0.39, 0.29) is 30.0 Å². The van der Waals surface area contributed by atoms with Crippen LogP contribution in [0.3, 0.4) is 0 Å². The molecule has 1 unspecified atom stereocenters. The molecule has 3 amide bonds. The fraction of sp³-hybridized carbons (Fsp3) is 0.238. The van der Waals surface area contributed by atoms with Crippen LogP contribution in [0.15, 0.2) is 53.4 Å². The summed E-state index contributed by atoms with van der Waals surface area (Å²) in [5.74, 6) is -3.00. The first-order valence-electron chi connectivity index (χ1n) is 9.72. The maximum absolute atomic E-state index is 13.1. The first-order chi connectivity index (χ1) is 15.5. The van der Waals surface area contributed by atoms with Crippen molar-refractivity contribution in [1.29, 1.82) is 0 Å². The number of rotatable bonds is 8. The molecule has 3 rings (SSSR count). The Kier molecular flexibility index (Phi) is 7.15. The minimum Gasteiger partial charge on any atom is -0.481 e. The number of nitrogens with zero attached hydrogens (tertiary/aromatic N) is 2. The van der Waals surface area contributed by atoms with Crippen molar-refractivity contribution in [1.82, 2.24) is 4.90 Å². The number of carboxylic acid groups (broad SMARTS) is 1. The van der Waals surface area contributed by atoms with E-state index in [1.165, 1.54) is 36.4 Å². The maximum atomic E-state index is 13.1. The summed E-state index contributed by atoms with van der Waals surface area (Å²) in [4.78, 5) is 51.6. The lowest BCUT2D eigenvalue weighted by Crippen LogP contribution is -2.45. The van der Waals surface area contributed by atoms with E-state index in [1.807, 2.05) is 0 Å². The van der Waals surface area contributed by atoms with Crippen molar-refractivity contribution in [2.24, 2.45) is 5.14 Å². The van der Waals surface area contributed by atoms with Gasteiger partial charge in [-0.25, -0.2) is 18.5 Å². The molecule has 2 aromatic carbocycles. The van der Waals surface area contributed by atoms with Gasteiger partial charge in [0.1, 0.15) is 6.04 Å². The monoisotopic (exact) mass is 493 g/mol. The van der Waals surface area contributed by atoms with Crippen LogP contribution >= 0.6 is 11.6 Å². The van der Waals surface area contributed by atoms with E-state index in [4.69, 9.17) is 21.8 Å². The van der Waals surface area contributed by atoms with Crippen molar-refractivity contribution in [3.8, 4) is 0 Å². The van der Waals surface area contributed by atoms with Gasteiger partial charge in [-0.3, -0.25) is 19.2 Å². The van der Waals surface area contributed by atoms with E-state index >= 15 is 0 Å². The second kappa shape index (κ2) is 9.69. The van der Waals surface area contributed by atoms with Crippen molar-refractivity contribution < 1.29 is 32.7 Å². The number of hydrogen-bond donors (Lipinski definition) is 2. The maximum Gasteiger partial charge on any atom is 0.303 e. The predicted octanol–water partition coefficient (Wildman–Crippen LogP) is 1.51. The number of carbonyl (C=O) groups is 4. The minimum atomic E-state index is -3.92. The Bertz CT molecular complexity index is 1210. The Morgan fingerprint density at radius 1 is 1.12 bits per heavy atom. The standard InChI is InChI=1S/C21H20ClN3O7S/c22-14-2-1-3-15(10-14)25-19(27)11-17(21(25)30)24(18(26)8-9-20(28)29)12-13-4-6-16(7-5-13)33(23,31)32/h1-7,10,17H,8-9,11-12H2,(H,28,29)(H2,23,31,32). The molecule has 12 heteroatoms. The smallest absolute Gasteiger partial charge is 0.303 e. The Morgan fingerprint density at radius 2 is 1.79 bits per heavy atom. The molecule has 10 nitrogen and oxygen atoms in total. The zero-order valence-electron chi connectivity index (χ0n) is 17.2. The summed E-state index contributed by atoms with van der Waals surface area (Å²) in [5.41, 5.74) is 0.725. The molecule has 1 atom stereocenters. The van der Waals surface area contributed by atoms with E-state index in [2.05, 4.69) is 0 Å². The molecule has 1 saturated heterocycles. The zero-order valence-corrected chi connectivity index (χ0v) is 18.8. The summed E-state index contributed by atoms with van der Waals surface area (Å²) >= 11 is 5.97.